The van der Waals surface area contributed by atoms with E-state index in [9.17, 15) is 9.59 Å². The van der Waals surface area contributed by atoms with Crippen LogP contribution in [0.4, 0.5) is 0 Å². The predicted molar refractivity (Wildman–Crippen MR) is 101 cm³/mol. The average Bonchev–Trinajstić information content (AvgIpc) is 3.42. The van der Waals surface area contributed by atoms with Crippen LogP contribution in [0.5, 0.6) is 0 Å². The molecule has 1 heterocycles. The maximum atomic E-state index is 12.1. The number of nitrogens with one attached hydrogen (secondary N) is 1. The molecule has 0 bridgehead atoms. The molecule has 6 heteroatoms. The number of carbonyl (C=O) groups excluding carboxylic acids is 2. The molecular formula is C20H18N2O3S. The Kier molecular flexibility index (Phi) is 4.22. The highest BCUT2D eigenvalue weighted by atomic mass is 32.1. The maximum Gasteiger partial charge on any atom is 0.274 e. The third kappa shape index (κ3) is 2.87. The van der Waals surface area contributed by atoms with Gasteiger partial charge in [-0.1, -0.05) is 30.3 Å². The van der Waals surface area contributed by atoms with Crippen molar-refractivity contribution in [2.45, 2.75) is 18.8 Å². The van der Waals surface area contributed by atoms with Crippen molar-refractivity contribution in [3.63, 3.8) is 0 Å². The van der Waals surface area contributed by atoms with Gasteiger partial charge < -0.3 is 5.73 Å². The molecule has 2 aromatic carbocycles. The molecule has 0 radical (unpaired) electrons. The largest absolute Gasteiger partial charge is 0.365 e. The molecule has 1 saturated carbocycles. The average molecular weight is 366 g/mol. The van der Waals surface area contributed by atoms with Crippen molar-refractivity contribution in [1.82, 2.24) is 5.48 Å². The summed E-state index contributed by atoms with van der Waals surface area (Å²) in [5.74, 6) is -0.412. The number of carbonyl (C=O) groups is 2. The molecule has 1 aromatic heterocycles. The van der Waals surface area contributed by atoms with E-state index in [0.29, 0.717) is 16.4 Å². The summed E-state index contributed by atoms with van der Waals surface area (Å²) in [6.45, 7) is 0. The topological polar surface area (TPSA) is 92.4 Å². The number of rotatable bonds is 5. The van der Waals surface area contributed by atoms with Gasteiger partial charge in [0.25, 0.3) is 11.8 Å². The minimum absolute atomic E-state index is 0.0693. The fraction of sp³-hybridized carbons (Fsp3) is 0.200. The number of hydrogen-bond acceptors (Lipinski definition) is 4. The molecule has 0 aliphatic heterocycles. The Morgan fingerprint density at radius 3 is 2.42 bits per heavy atom. The summed E-state index contributed by atoms with van der Waals surface area (Å²) in [6.07, 6.45) is 2.21. The first kappa shape index (κ1) is 16.8. The lowest BCUT2D eigenvalue weighted by Gasteiger charge is -2.18. The SMILES string of the molecule is NC(=O)c1sc2ccccc2c1[C@H](c1ccc(C(=O)NO)cc1)C1CC1. The van der Waals surface area contributed by atoms with E-state index in [1.54, 1.807) is 17.6 Å². The Bertz CT molecular complexity index is 990. The number of thiophene rings is 1. The second-order valence-electron chi connectivity index (χ2n) is 6.58. The highest BCUT2D eigenvalue weighted by Crippen LogP contribution is 2.50. The molecule has 26 heavy (non-hydrogen) atoms. The van der Waals surface area contributed by atoms with Gasteiger partial charge in [0, 0.05) is 16.2 Å². The molecule has 5 nitrogen and oxygen atoms in total. The lowest BCUT2D eigenvalue weighted by molar-refractivity contribution is 0.0706. The number of primary amides is 1. The van der Waals surface area contributed by atoms with Crippen molar-refractivity contribution in [3.8, 4) is 0 Å². The Morgan fingerprint density at radius 1 is 1.12 bits per heavy atom. The lowest BCUT2D eigenvalue weighted by Crippen LogP contribution is -2.18. The van der Waals surface area contributed by atoms with Crippen molar-refractivity contribution < 1.29 is 14.8 Å². The van der Waals surface area contributed by atoms with Gasteiger partial charge in [-0.3, -0.25) is 14.8 Å². The van der Waals surface area contributed by atoms with Gasteiger partial charge in [0.15, 0.2) is 0 Å². The second-order valence-corrected chi connectivity index (χ2v) is 7.64. The van der Waals surface area contributed by atoms with Gasteiger partial charge in [0.1, 0.15) is 0 Å². The molecule has 1 aliphatic rings. The van der Waals surface area contributed by atoms with Crippen LogP contribution in [0.15, 0.2) is 48.5 Å². The molecule has 132 valence electrons. The number of benzene rings is 2. The van der Waals surface area contributed by atoms with E-state index in [1.807, 2.05) is 36.4 Å². The van der Waals surface area contributed by atoms with E-state index in [-0.39, 0.29) is 5.92 Å². The standard InChI is InChI=1S/C20H18N2O3S/c21-19(23)18-17(14-3-1-2-4-15(14)26-18)16(11-5-6-11)12-7-9-13(10-8-12)20(24)22-25/h1-4,7-11,16,25H,5-6H2,(H2,21,23)(H,22,24)/t16-/m0/s1. The zero-order valence-corrected chi connectivity index (χ0v) is 14.8. The fourth-order valence-corrected chi connectivity index (χ4v) is 4.67. The number of nitrogens with two attached hydrogens (primary N) is 1. The number of fused-ring (bicyclic) bond motifs is 1. The molecule has 1 aliphatic carbocycles. The van der Waals surface area contributed by atoms with E-state index in [2.05, 4.69) is 0 Å². The molecule has 0 spiro atoms. The summed E-state index contributed by atoms with van der Waals surface area (Å²) in [5, 5.41) is 9.85. The van der Waals surface area contributed by atoms with E-state index in [1.165, 1.54) is 11.3 Å². The number of amides is 2. The van der Waals surface area contributed by atoms with Gasteiger partial charge in [0.2, 0.25) is 0 Å². The molecule has 0 unspecified atom stereocenters. The van der Waals surface area contributed by atoms with Crippen molar-refractivity contribution in [2.75, 3.05) is 0 Å². The lowest BCUT2D eigenvalue weighted by atomic mass is 9.85. The molecule has 1 atom stereocenters. The summed E-state index contributed by atoms with van der Waals surface area (Å²) in [7, 11) is 0. The van der Waals surface area contributed by atoms with Crippen molar-refractivity contribution in [3.05, 3.63) is 70.1 Å². The quantitative estimate of drug-likeness (QED) is 0.475. The molecule has 2 amide bonds. The zero-order valence-electron chi connectivity index (χ0n) is 13.9. The summed E-state index contributed by atoms with van der Waals surface area (Å²) in [5.41, 5.74) is 9.76. The smallest absolute Gasteiger partial charge is 0.274 e. The Morgan fingerprint density at radius 2 is 1.81 bits per heavy atom. The van der Waals surface area contributed by atoms with Crippen LogP contribution in [0.2, 0.25) is 0 Å². The molecule has 4 rings (SSSR count). The van der Waals surface area contributed by atoms with Gasteiger partial charge >= 0.3 is 0 Å². The van der Waals surface area contributed by atoms with E-state index < -0.39 is 11.8 Å². The third-order valence-corrected chi connectivity index (χ3v) is 6.10. The zero-order chi connectivity index (χ0) is 18.3. The van der Waals surface area contributed by atoms with Crippen LogP contribution in [-0.2, 0) is 0 Å². The van der Waals surface area contributed by atoms with Gasteiger partial charge in [-0.2, -0.15) is 0 Å². The van der Waals surface area contributed by atoms with Crippen LogP contribution in [0.1, 0.15) is 49.9 Å². The fourth-order valence-electron chi connectivity index (χ4n) is 3.57. The van der Waals surface area contributed by atoms with Crippen LogP contribution in [0, 0.1) is 5.92 Å². The number of hydrogen-bond donors (Lipinski definition) is 3. The third-order valence-electron chi connectivity index (χ3n) is 4.90. The van der Waals surface area contributed by atoms with E-state index >= 15 is 0 Å². The van der Waals surface area contributed by atoms with Crippen LogP contribution < -0.4 is 11.2 Å². The van der Waals surface area contributed by atoms with Gasteiger partial charge in [-0.05, 0) is 53.5 Å². The van der Waals surface area contributed by atoms with Crippen LogP contribution >= 0.6 is 11.3 Å². The van der Waals surface area contributed by atoms with Gasteiger partial charge in [-0.15, -0.1) is 11.3 Å². The van der Waals surface area contributed by atoms with Crippen LogP contribution in [0.25, 0.3) is 10.1 Å². The maximum absolute atomic E-state index is 12.1. The Labute approximate surface area is 154 Å². The Hall–Kier alpha value is -2.70. The van der Waals surface area contributed by atoms with Crippen molar-refractivity contribution >= 4 is 33.2 Å². The molecule has 0 saturated heterocycles. The first-order chi connectivity index (χ1) is 12.6. The minimum Gasteiger partial charge on any atom is -0.365 e. The first-order valence-electron chi connectivity index (χ1n) is 8.45. The van der Waals surface area contributed by atoms with Crippen molar-refractivity contribution in [2.24, 2.45) is 11.7 Å². The number of hydroxylamine groups is 1. The predicted octanol–water partition coefficient (Wildman–Crippen LogP) is 3.66. The normalized spacial score (nSPS) is 15.0. The van der Waals surface area contributed by atoms with Gasteiger partial charge in [-0.25, -0.2) is 5.48 Å². The molecular weight excluding hydrogens is 348 g/mol. The summed E-state index contributed by atoms with van der Waals surface area (Å²) < 4.78 is 1.05. The molecule has 1 fully saturated rings. The van der Waals surface area contributed by atoms with Crippen molar-refractivity contribution in [1.29, 1.82) is 0 Å². The van der Waals surface area contributed by atoms with E-state index in [0.717, 1.165) is 34.1 Å². The van der Waals surface area contributed by atoms with Crippen LogP contribution in [-0.4, -0.2) is 17.0 Å². The van der Waals surface area contributed by atoms with Gasteiger partial charge in [0.05, 0.1) is 4.88 Å². The molecule has 4 N–H and O–H groups in total. The summed E-state index contributed by atoms with van der Waals surface area (Å²) >= 11 is 1.44. The molecule has 3 aromatic rings. The van der Waals surface area contributed by atoms with Crippen LogP contribution in [0.3, 0.4) is 0 Å². The minimum atomic E-state index is -0.543. The first-order valence-corrected chi connectivity index (χ1v) is 9.27. The summed E-state index contributed by atoms with van der Waals surface area (Å²) in [6, 6.07) is 15.1. The highest BCUT2D eigenvalue weighted by Gasteiger charge is 2.37. The van der Waals surface area contributed by atoms with E-state index in [4.69, 9.17) is 10.9 Å². The summed E-state index contributed by atoms with van der Waals surface area (Å²) in [4.78, 5) is 24.3. The highest BCUT2D eigenvalue weighted by molar-refractivity contribution is 7.21. The monoisotopic (exact) mass is 366 g/mol. The second kappa shape index (κ2) is 6.55. The Balaban J connectivity index is 1.86.